The van der Waals surface area contributed by atoms with Crippen LogP contribution < -0.4 is 10.2 Å². The predicted molar refractivity (Wildman–Crippen MR) is 123 cm³/mol. The van der Waals surface area contributed by atoms with Crippen LogP contribution in [0.2, 0.25) is 0 Å². The minimum atomic E-state index is -4.53. The van der Waals surface area contributed by atoms with Gasteiger partial charge in [-0.15, -0.1) is 0 Å². The number of H-pyrrole nitrogens is 1. The van der Waals surface area contributed by atoms with Crippen LogP contribution in [0.4, 0.5) is 18.9 Å². The van der Waals surface area contributed by atoms with Crippen molar-refractivity contribution in [1.82, 2.24) is 29.8 Å². The Morgan fingerprint density at radius 1 is 1.18 bits per heavy atom. The minimum Gasteiger partial charge on any atom is -0.368 e. The van der Waals surface area contributed by atoms with E-state index in [9.17, 15) is 18.0 Å². The Kier molecular flexibility index (Phi) is 5.43. The maximum absolute atomic E-state index is 12.9. The van der Waals surface area contributed by atoms with Crippen molar-refractivity contribution in [3.63, 3.8) is 0 Å². The van der Waals surface area contributed by atoms with Crippen LogP contribution in [0.3, 0.4) is 0 Å². The van der Waals surface area contributed by atoms with Gasteiger partial charge in [-0.25, -0.2) is 9.50 Å². The van der Waals surface area contributed by atoms with E-state index in [4.69, 9.17) is 0 Å². The maximum atomic E-state index is 12.9. The second-order valence-corrected chi connectivity index (χ2v) is 8.62. The molecule has 34 heavy (non-hydrogen) atoms. The Morgan fingerprint density at radius 3 is 2.68 bits per heavy atom. The Hall–Kier alpha value is -3.60. The van der Waals surface area contributed by atoms with Gasteiger partial charge in [0, 0.05) is 49.5 Å². The molecule has 4 aromatic heterocycles. The summed E-state index contributed by atoms with van der Waals surface area (Å²) in [5.41, 5.74) is 3.95. The number of carbonyl (C=O) groups is 1. The van der Waals surface area contributed by atoms with Crippen LogP contribution >= 0.6 is 0 Å². The van der Waals surface area contributed by atoms with Crippen molar-refractivity contribution >= 4 is 28.1 Å². The van der Waals surface area contributed by atoms with E-state index in [1.807, 2.05) is 23.8 Å². The molecule has 1 aliphatic heterocycles. The first-order chi connectivity index (χ1) is 16.2. The lowest BCUT2D eigenvalue weighted by Crippen LogP contribution is -2.44. The number of amides is 1. The van der Waals surface area contributed by atoms with E-state index in [-0.39, 0.29) is 5.56 Å². The molecule has 0 aliphatic carbocycles. The number of carbonyl (C=O) groups excluding carboxylic acids is 1. The number of likely N-dealkylation sites (N-methyl/N-ethyl adjacent to an activating group) is 1. The first-order valence-corrected chi connectivity index (χ1v) is 11.0. The van der Waals surface area contributed by atoms with Gasteiger partial charge in [-0.05, 0) is 37.7 Å². The van der Waals surface area contributed by atoms with Gasteiger partial charge in [-0.1, -0.05) is 0 Å². The van der Waals surface area contributed by atoms with Crippen LogP contribution in [0, 0.1) is 0 Å². The van der Waals surface area contributed by atoms with E-state index >= 15 is 0 Å². The van der Waals surface area contributed by atoms with Crippen molar-refractivity contribution < 1.29 is 18.0 Å². The molecule has 5 rings (SSSR count). The third-order valence-corrected chi connectivity index (χ3v) is 6.30. The number of aromatic nitrogens is 4. The number of piperazine rings is 1. The van der Waals surface area contributed by atoms with E-state index in [0.717, 1.165) is 61.0 Å². The average Bonchev–Trinajstić information content (AvgIpc) is 3.42. The van der Waals surface area contributed by atoms with E-state index in [1.165, 1.54) is 10.7 Å². The molecule has 0 unspecified atom stereocenters. The quantitative estimate of drug-likeness (QED) is 0.477. The molecule has 1 aliphatic rings. The molecule has 1 saturated heterocycles. The summed E-state index contributed by atoms with van der Waals surface area (Å²) >= 11 is 0. The van der Waals surface area contributed by atoms with Crippen LogP contribution in [0.15, 0.2) is 43.0 Å². The zero-order chi connectivity index (χ0) is 24.0. The van der Waals surface area contributed by atoms with Crippen LogP contribution in [0.5, 0.6) is 0 Å². The monoisotopic (exact) mass is 471 g/mol. The van der Waals surface area contributed by atoms with Crippen molar-refractivity contribution in [1.29, 1.82) is 0 Å². The van der Waals surface area contributed by atoms with Gasteiger partial charge in [-0.3, -0.25) is 4.79 Å². The number of hydrogen-bond acceptors (Lipinski definition) is 5. The van der Waals surface area contributed by atoms with Crippen LogP contribution in [0.25, 0.3) is 27.7 Å². The van der Waals surface area contributed by atoms with Gasteiger partial charge in [0.05, 0.1) is 29.2 Å². The average molecular weight is 471 g/mol. The lowest BCUT2D eigenvalue weighted by Gasteiger charge is -2.33. The molecular weight excluding hydrogens is 447 g/mol. The topological polar surface area (TPSA) is 81.6 Å². The smallest absolute Gasteiger partial charge is 0.368 e. The van der Waals surface area contributed by atoms with Crippen LogP contribution in [-0.2, 0) is 0 Å². The Labute approximate surface area is 193 Å². The third-order valence-electron chi connectivity index (χ3n) is 6.30. The summed E-state index contributed by atoms with van der Waals surface area (Å²) in [6, 6.07) is 3.74. The largest absolute Gasteiger partial charge is 0.408 e. The van der Waals surface area contributed by atoms with Gasteiger partial charge in [-0.2, -0.15) is 18.3 Å². The predicted octanol–water partition coefficient (Wildman–Crippen LogP) is 3.31. The second-order valence-electron chi connectivity index (χ2n) is 8.62. The van der Waals surface area contributed by atoms with Crippen LogP contribution in [0.1, 0.15) is 17.3 Å². The molecule has 5 heterocycles. The number of pyridine rings is 2. The highest BCUT2D eigenvalue weighted by atomic mass is 19.4. The summed E-state index contributed by atoms with van der Waals surface area (Å²) in [5.74, 6) is -0.824. The highest BCUT2D eigenvalue weighted by Crippen LogP contribution is 2.32. The van der Waals surface area contributed by atoms with E-state index in [1.54, 1.807) is 12.3 Å². The molecule has 0 bridgehead atoms. The molecule has 2 N–H and O–H groups in total. The lowest BCUT2D eigenvalue weighted by atomic mass is 10.1. The lowest BCUT2D eigenvalue weighted by molar-refractivity contribution is -0.149. The van der Waals surface area contributed by atoms with Crippen molar-refractivity contribution in [3.05, 3.63) is 48.5 Å². The fourth-order valence-electron chi connectivity index (χ4n) is 4.15. The number of alkyl halides is 3. The Morgan fingerprint density at radius 2 is 1.94 bits per heavy atom. The van der Waals surface area contributed by atoms with E-state index < -0.39 is 18.1 Å². The molecule has 0 spiro atoms. The zero-order valence-corrected chi connectivity index (χ0v) is 18.7. The molecule has 1 amide bonds. The fraction of sp³-hybridized carbons (Fsp3) is 0.348. The van der Waals surface area contributed by atoms with E-state index in [2.05, 4.69) is 38.0 Å². The summed E-state index contributed by atoms with van der Waals surface area (Å²) in [5, 5.41) is 7.05. The molecule has 4 aromatic rings. The highest BCUT2D eigenvalue weighted by molar-refractivity contribution is 6.02. The van der Waals surface area contributed by atoms with Gasteiger partial charge in [0.15, 0.2) is 0 Å². The molecule has 8 nitrogen and oxygen atoms in total. The SMILES string of the molecule is C[C@@H](NC(=O)c1cnn2ccc(-c3c[nH]c4ncc(N5CCN(C)CC5)cc34)cc12)C(F)(F)F. The third kappa shape index (κ3) is 4.07. The van der Waals surface area contributed by atoms with Gasteiger partial charge in [0.1, 0.15) is 11.7 Å². The number of anilines is 1. The van der Waals surface area contributed by atoms with Gasteiger partial charge in [0.2, 0.25) is 0 Å². The summed E-state index contributed by atoms with van der Waals surface area (Å²) in [7, 11) is 2.11. The number of hydrogen-bond donors (Lipinski definition) is 2. The van der Waals surface area contributed by atoms with Crippen molar-refractivity contribution in [3.8, 4) is 11.1 Å². The number of rotatable bonds is 4. The minimum absolute atomic E-state index is 0.0778. The maximum Gasteiger partial charge on any atom is 0.408 e. The first-order valence-electron chi connectivity index (χ1n) is 11.0. The van der Waals surface area contributed by atoms with Crippen molar-refractivity contribution in [2.45, 2.75) is 19.1 Å². The standard InChI is InChI=1S/C23H24F3N7O/c1-14(23(24,25)26)30-22(34)19-13-29-33-4-3-15(9-20(19)33)18-12-28-21-17(18)10-16(11-27-21)32-7-5-31(2)6-8-32/h3-4,9-14H,5-8H2,1-2H3,(H,27,28)(H,30,34)/t14-/m1/s1. The van der Waals surface area contributed by atoms with Gasteiger partial charge < -0.3 is 20.1 Å². The Bertz CT molecular complexity index is 1350. The molecule has 11 heteroatoms. The normalized spacial score (nSPS) is 16.3. The van der Waals surface area contributed by atoms with E-state index in [0.29, 0.717) is 5.52 Å². The molecule has 0 aromatic carbocycles. The van der Waals surface area contributed by atoms with Crippen LogP contribution in [-0.4, -0.2) is 75.8 Å². The number of aromatic amines is 1. The summed E-state index contributed by atoms with van der Waals surface area (Å²) in [6.45, 7) is 4.70. The zero-order valence-electron chi connectivity index (χ0n) is 18.7. The van der Waals surface area contributed by atoms with Crippen molar-refractivity contribution in [2.75, 3.05) is 38.1 Å². The van der Waals surface area contributed by atoms with Gasteiger partial charge in [0.25, 0.3) is 5.91 Å². The molecule has 0 radical (unpaired) electrons. The summed E-state index contributed by atoms with van der Waals surface area (Å²) in [6.07, 6.45) is 2.14. The van der Waals surface area contributed by atoms with Gasteiger partial charge >= 0.3 is 6.18 Å². The molecule has 178 valence electrons. The molecule has 1 fully saturated rings. The highest BCUT2D eigenvalue weighted by Gasteiger charge is 2.37. The fourth-order valence-corrected chi connectivity index (χ4v) is 4.15. The molecular formula is C23H24F3N7O. The van der Waals surface area contributed by atoms with Crippen molar-refractivity contribution in [2.24, 2.45) is 0 Å². The first kappa shape index (κ1) is 22.2. The summed E-state index contributed by atoms with van der Waals surface area (Å²) in [4.78, 5) is 24.9. The summed E-state index contributed by atoms with van der Waals surface area (Å²) < 4.78 is 40.2. The molecule has 1 atom stereocenters. The number of fused-ring (bicyclic) bond motifs is 2. The number of halogens is 3. The second kappa shape index (κ2) is 8.32. The Balaban J connectivity index is 1.49. The number of nitrogens with zero attached hydrogens (tertiary/aromatic N) is 5. The number of nitrogens with one attached hydrogen (secondary N) is 2. The molecule has 0 saturated carbocycles.